The molecule has 1 N–H and O–H groups in total. The van der Waals surface area contributed by atoms with Gasteiger partial charge in [0, 0.05) is 10.4 Å². The number of ether oxygens (including phenoxy) is 1. The summed E-state index contributed by atoms with van der Waals surface area (Å²) in [5.74, 6) is 0.302. The maximum absolute atomic E-state index is 12.7. The van der Waals surface area contributed by atoms with E-state index in [1.165, 1.54) is 6.92 Å². The molecule has 0 aliphatic heterocycles. The van der Waals surface area contributed by atoms with Gasteiger partial charge < -0.3 is 10.1 Å². The number of hydrogen-bond acceptors (Lipinski definition) is 4. The van der Waals surface area contributed by atoms with Gasteiger partial charge in [0.25, 0.3) is 0 Å². The molecule has 0 aliphatic carbocycles. The van der Waals surface area contributed by atoms with Gasteiger partial charge in [0.1, 0.15) is 18.4 Å². The molecule has 0 unspecified atom stereocenters. The Kier molecular flexibility index (Phi) is 7.08. The van der Waals surface area contributed by atoms with Crippen LogP contribution in [0.2, 0.25) is 5.02 Å². The molecule has 0 saturated heterocycles. The molecule has 0 fully saturated rings. The van der Waals surface area contributed by atoms with Gasteiger partial charge in [-0.05, 0) is 43.0 Å². The molecule has 1 atom stereocenters. The van der Waals surface area contributed by atoms with Crippen LogP contribution in [0.15, 0.2) is 60.7 Å². The molecule has 3 aromatic carbocycles. The van der Waals surface area contributed by atoms with Crippen LogP contribution in [0, 0.1) is 6.92 Å². The van der Waals surface area contributed by atoms with Crippen molar-refractivity contribution in [1.29, 1.82) is 0 Å². The highest BCUT2D eigenvalue weighted by Gasteiger charge is 2.29. The molecule has 31 heavy (non-hydrogen) atoms. The van der Waals surface area contributed by atoms with Gasteiger partial charge in [0.15, 0.2) is 0 Å². The van der Waals surface area contributed by atoms with Crippen LogP contribution in [0.25, 0.3) is 10.8 Å². The zero-order valence-electron chi connectivity index (χ0n) is 17.6. The lowest BCUT2D eigenvalue weighted by Crippen LogP contribution is -2.48. The molecule has 8 heteroatoms. The predicted octanol–water partition coefficient (Wildman–Crippen LogP) is 4.15. The minimum atomic E-state index is -3.71. The fraction of sp³-hybridized carbons (Fsp3) is 0.261. The number of anilines is 1. The van der Waals surface area contributed by atoms with E-state index in [-0.39, 0.29) is 13.2 Å². The lowest BCUT2D eigenvalue weighted by Gasteiger charge is -2.28. The van der Waals surface area contributed by atoms with Crippen molar-refractivity contribution in [1.82, 2.24) is 5.32 Å². The van der Waals surface area contributed by atoms with Crippen LogP contribution in [-0.2, 0) is 14.8 Å². The summed E-state index contributed by atoms with van der Waals surface area (Å²) in [5, 5.41) is 5.24. The number of sulfonamides is 1. The van der Waals surface area contributed by atoms with Crippen molar-refractivity contribution in [2.24, 2.45) is 0 Å². The van der Waals surface area contributed by atoms with E-state index in [0.717, 1.165) is 32.6 Å². The zero-order valence-corrected chi connectivity index (χ0v) is 19.2. The minimum absolute atomic E-state index is 0.235. The molecule has 3 aromatic rings. The Morgan fingerprint density at radius 2 is 1.84 bits per heavy atom. The average molecular weight is 461 g/mol. The first-order valence-corrected chi connectivity index (χ1v) is 12.0. The maximum Gasteiger partial charge on any atom is 0.243 e. The third-order valence-electron chi connectivity index (χ3n) is 4.91. The van der Waals surface area contributed by atoms with Crippen LogP contribution in [0.5, 0.6) is 5.75 Å². The summed E-state index contributed by atoms with van der Waals surface area (Å²) in [6.07, 6.45) is 1.06. The van der Waals surface area contributed by atoms with Gasteiger partial charge in [0.2, 0.25) is 15.9 Å². The van der Waals surface area contributed by atoms with Crippen LogP contribution >= 0.6 is 11.6 Å². The highest BCUT2D eigenvalue weighted by molar-refractivity contribution is 7.92. The van der Waals surface area contributed by atoms with E-state index in [2.05, 4.69) is 5.32 Å². The Hall–Kier alpha value is -2.77. The molecule has 1 amide bonds. The van der Waals surface area contributed by atoms with Gasteiger partial charge in [-0.2, -0.15) is 0 Å². The smallest absolute Gasteiger partial charge is 0.243 e. The van der Waals surface area contributed by atoms with E-state index in [9.17, 15) is 13.2 Å². The second-order valence-corrected chi connectivity index (χ2v) is 9.55. The fourth-order valence-electron chi connectivity index (χ4n) is 3.33. The Morgan fingerprint density at radius 1 is 1.13 bits per heavy atom. The Morgan fingerprint density at radius 3 is 2.55 bits per heavy atom. The number of carbonyl (C=O) groups excluding carboxylic acids is 1. The number of nitrogens with zero attached hydrogens (tertiary/aromatic N) is 1. The third-order valence-corrected chi connectivity index (χ3v) is 6.56. The topological polar surface area (TPSA) is 75.7 Å². The summed E-state index contributed by atoms with van der Waals surface area (Å²) in [7, 11) is -3.71. The number of halogens is 1. The van der Waals surface area contributed by atoms with Crippen LogP contribution in [0.3, 0.4) is 0 Å². The van der Waals surface area contributed by atoms with Crippen molar-refractivity contribution in [2.45, 2.75) is 19.9 Å². The first-order chi connectivity index (χ1) is 14.7. The lowest BCUT2D eigenvalue weighted by molar-refractivity contribution is -0.121. The van der Waals surface area contributed by atoms with E-state index in [1.807, 2.05) is 49.4 Å². The van der Waals surface area contributed by atoms with Crippen LogP contribution in [0.1, 0.15) is 12.5 Å². The van der Waals surface area contributed by atoms with E-state index in [1.54, 1.807) is 18.2 Å². The third kappa shape index (κ3) is 5.48. The molecular weight excluding hydrogens is 436 g/mol. The number of benzene rings is 3. The van der Waals surface area contributed by atoms with Gasteiger partial charge in [0.05, 0.1) is 18.5 Å². The van der Waals surface area contributed by atoms with E-state index >= 15 is 0 Å². The molecule has 0 aliphatic rings. The predicted molar refractivity (Wildman–Crippen MR) is 125 cm³/mol. The van der Waals surface area contributed by atoms with Gasteiger partial charge in [-0.15, -0.1) is 0 Å². The summed E-state index contributed by atoms with van der Waals surface area (Å²) < 4.78 is 31.7. The van der Waals surface area contributed by atoms with Gasteiger partial charge in [-0.25, -0.2) is 8.42 Å². The number of nitrogens with one attached hydrogen (secondary N) is 1. The number of hydrogen-bond donors (Lipinski definition) is 1. The molecule has 0 radical (unpaired) electrons. The van der Waals surface area contributed by atoms with E-state index in [0.29, 0.717) is 10.7 Å². The summed E-state index contributed by atoms with van der Waals surface area (Å²) in [5.41, 5.74) is 1.16. The molecular formula is C23H25ClN2O4S. The standard InChI is InChI=1S/C23H25ClN2O4S/c1-16-11-12-19(15-21(16)24)26(31(3,28)29)17(2)23(27)25-13-14-30-22-10-6-8-18-7-4-5-9-20(18)22/h4-12,15,17H,13-14H2,1-3H3,(H,25,27)/t17-/m1/s1. The summed E-state index contributed by atoms with van der Waals surface area (Å²) in [6, 6.07) is 17.6. The molecule has 0 aromatic heterocycles. The Balaban J connectivity index is 1.65. The van der Waals surface area contributed by atoms with Gasteiger partial charge in [-0.1, -0.05) is 54.1 Å². The van der Waals surface area contributed by atoms with Crippen molar-refractivity contribution >= 4 is 44.0 Å². The first kappa shape index (κ1) is 22.9. The SMILES string of the molecule is Cc1ccc(N([C@H](C)C(=O)NCCOc2cccc3ccccc23)S(C)(=O)=O)cc1Cl. The van der Waals surface area contributed by atoms with E-state index in [4.69, 9.17) is 16.3 Å². The van der Waals surface area contributed by atoms with Crippen molar-refractivity contribution in [3.63, 3.8) is 0 Å². The number of fused-ring (bicyclic) bond motifs is 1. The van der Waals surface area contributed by atoms with Gasteiger partial charge >= 0.3 is 0 Å². The summed E-state index contributed by atoms with van der Waals surface area (Å²) in [4.78, 5) is 12.7. The van der Waals surface area contributed by atoms with Crippen LogP contribution in [0.4, 0.5) is 5.69 Å². The highest BCUT2D eigenvalue weighted by Crippen LogP contribution is 2.27. The molecule has 3 rings (SSSR count). The second kappa shape index (κ2) is 9.58. The maximum atomic E-state index is 12.7. The molecule has 0 heterocycles. The highest BCUT2D eigenvalue weighted by atomic mass is 35.5. The average Bonchev–Trinajstić information content (AvgIpc) is 2.72. The van der Waals surface area contributed by atoms with Crippen molar-refractivity contribution in [3.8, 4) is 5.75 Å². The van der Waals surface area contributed by atoms with Crippen molar-refractivity contribution in [3.05, 3.63) is 71.2 Å². The molecule has 0 saturated carbocycles. The largest absolute Gasteiger partial charge is 0.491 e. The monoisotopic (exact) mass is 460 g/mol. The number of aryl methyl sites for hydroxylation is 1. The first-order valence-electron chi connectivity index (χ1n) is 9.82. The van der Waals surface area contributed by atoms with Crippen molar-refractivity contribution < 1.29 is 17.9 Å². The zero-order chi connectivity index (χ0) is 22.6. The molecule has 0 spiro atoms. The summed E-state index contributed by atoms with van der Waals surface area (Å²) >= 11 is 6.16. The number of amides is 1. The van der Waals surface area contributed by atoms with Crippen LogP contribution < -0.4 is 14.4 Å². The molecule has 6 nitrogen and oxygen atoms in total. The minimum Gasteiger partial charge on any atom is -0.491 e. The quantitative estimate of drug-likeness (QED) is 0.512. The molecule has 0 bridgehead atoms. The number of rotatable bonds is 8. The normalized spacial score (nSPS) is 12.4. The van der Waals surface area contributed by atoms with Gasteiger partial charge in [-0.3, -0.25) is 9.10 Å². The fourth-order valence-corrected chi connectivity index (χ4v) is 4.67. The van der Waals surface area contributed by atoms with Crippen LogP contribution in [-0.4, -0.2) is 39.8 Å². The van der Waals surface area contributed by atoms with E-state index < -0.39 is 22.0 Å². The second-order valence-electron chi connectivity index (χ2n) is 7.29. The lowest BCUT2D eigenvalue weighted by atomic mass is 10.1. The number of carbonyl (C=O) groups is 1. The summed E-state index contributed by atoms with van der Waals surface area (Å²) in [6.45, 7) is 3.85. The molecule has 164 valence electrons. The Bertz CT molecular complexity index is 1190. The van der Waals surface area contributed by atoms with Crippen molar-refractivity contribution in [2.75, 3.05) is 23.7 Å². The Labute approximate surface area is 187 Å².